The molecule has 70 valence electrons. The number of benzene rings is 1. The Morgan fingerprint density at radius 2 is 1.50 bits per heavy atom. The molecule has 0 fully saturated rings. The van der Waals surface area contributed by atoms with E-state index in [1.807, 2.05) is 28.8 Å². The van der Waals surface area contributed by atoms with Gasteiger partial charge in [-0.25, -0.2) is 0 Å². The van der Waals surface area contributed by atoms with Crippen molar-refractivity contribution in [1.82, 2.24) is 4.57 Å². The predicted octanol–water partition coefficient (Wildman–Crippen LogP) is 2.49. The van der Waals surface area contributed by atoms with Crippen molar-refractivity contribution in [1.29, 1.82) is 0 Å². The predicted molar refractivity (Wildman–Crippen MR) is 57.0 cm³/mol. The van der Waals surface area contributed by atoms with Crippen LogP contribution >= 0.6 is 11.6 Å². The van der Waals surface area contributed by atoms with E-state index in [9.17, 15) is 4.79 Å². The molecule has 0 aliphatic heterocycles. The molecule has 0 N–H and O–H groups in total. The van der Waals surface area contributed by atoms with Gasteiger partial charge in [0.05, 0.1) is 0 Å². The summed E-state index contributed by atoms with van der Waals surface area (Å²) in [7, 11) is 0. The summed E-state index contributed by atoms with van der Waals surface area (Å²) >= 11 is 5.77. The molecule has 0 bridgehead atoms. The maximum absolute atomic E-state index is 10.9. The van der Waals surface area contributed by atoms with Crippen LogP contribution in [-0.4, -0.2) is 4.57 Å². The highest BCUT2D eigenvalue weighted by molar-refractivity contribution is 6.30. The van der Waals surface area contributed by atoms with Crippen molar-refractivity contribution in [3.05, 3.63) is 64.0 Å². The van der Waals surface area contributed by atoms with Crippen molar-refractivity contribution in [2.45, 2.75) is 0 Å². The second-order valence-corrected chi connectivity index (χ2v) is 3.35. The summed E-state index contributed by atoms with van der Waals surface area (Å²) in [5, 5.41) is 0.704. The van der Waals surface area contributed by atoms with Crippen molar-refractivity contribution in [3.8, 4) is 5.69 Å². The van der Waals surface area contributed by atoms with Gasteiger partial charge in [-0.05, 0) is 24.3 Å². The second kappa shape index (κ2) is 3.68. The van der Waals surface area contributed by atoms with E-state index >= 15 is 0 Å². The monoisotopic (exact) mass is 205 g/mol. The number of pyridine rings is 1. The first kappa shape index (κ1) is 9.03. The summed E-state index contributed by atoms with van der Waals surface area (Å²) in [5.74, 6) is 0. The minimum Gasteiger partial charge on any atom is -0.324 e. The molecule has 0 aliphatic carbocycles. The lowest BCUT2D eigenvalue weighted by Gasteiger charge is -2.04. The van der Waals surface area contributed by atoms with Crippen LogP contribution in [0, 0.1) is 0 Å². The first-order chi connectivity index (χ1) is 6.75. The summed E-state index contributed by atoms with van der Waals surface area (Å²) in [5.41, 5.74) is 0.990. The summed E-state index contributed by atoms with van der Waals surface area (Å²) in [4.78, 5) is 10.9. The molecule has 0 aliphatic rings. The average Bonchev–Trinajstić information content (AvgIpc) is 2.21. The zero-order valence-electron chi connectivity index (χ0n) is 7.35. The van der Waals surface area contributed by atoms with Crippen molar-refractivity contribution >= 4 is 11.6 Å². The van der Waals surface area contributed by atoms with E-state index in [2.05, 4.69) is 0 Å². The van der Waals surface area contributed by atoms with Crippen LogP contribution in [0.25, 0.3) is 5.69 Å². The van der Waals surface area contributed by atoms with Crippen LogP contribution in [0.15, 0.2) is 53.6 Å². The molecule has 0 unspecified atom stereocenters. The van der Waals surface area contributed by atoms with Crippen LogP contribution in [0.3, 0.4) is 0 Å². The molecule has 3 heteroatoms. The third kappa shape index (κ3) is 1.86. The number of hydrogen-bond acceptors (Lipinski definition) is 1. The lowest BCUT2D eigenvalue weighted by molar-refractivity contribution is 1.04. The van der Waals surface area contributed by atoms with Gasteiger partial charge in [0.1, 0.15) is 0 Å². The fourth-order valence-corrected chi connectivity index (χ4v) is 1.32. The topological polar surface area (TPSA) is 22.0 Å². The highest BCUT2D eigenvalue weighted by Gasteiger charge is 1.93. The van der Waals surface area contributed by atoms with Crippen molar-refractivity contribution in [2.75, 3.05) is 0 Å². The Kier molecular flexibility index (Phi) is 2.37. The average molecular weight is 206 g/mol. The van der Waals surface area contributed by atoms with Crippen LogP contribution in [0.4, 0.5) is 0 Å². The Balaban J connectivity index is 2.44. The van der Waals surface area contributed by atoms with Crippen molar-refractivity contribution in [2.24, 2.45) is 0 Å². The summed E-state index contributed by atoms with van der Waals surface area (Å²) in [6, 6.07) is 10.5. The highest BCUT2D eigenvalue weighted by Crippen LogP contribution is 2.12. The van der Waals surface area contributed by atoms with Gasteiger partial charge < -0.3 is 4.57 Å². The molecule has 0 amide bonds. The van der Waals surface area contributed by atoms with Crippen molar-refractivity contribution < 1.29 is 0 Å². The highest BCUT2D eigenvalue weighted by atomic mass is 35.5. The van der Waals surface area contributed by atoms with Gasteiger partial charge in [0, 0.05) is 35.2 Å². The molecular formula is C11H8ClNO. The third-order valence-corrected chi connectivity index (χ3v) is 2.18. The number of hydrogen-bond donors (Lipinski definition) is 0. The quantitative estimate of drug-likeness (QED) is 0.701. The van der Waals surface area contributed by atoms with E-state index in [0.29, 0.717) is 5.02 Å². The maximum Gasteiger partial charge on any atom is 0.181 e. The molecule has 2 rings (SSSR count). The molecule has 0 radical (unpaired) electrons. The lowest BCUT2D eigenvalue weighted by atomic mass is 10.3. The normalized spacial score (nSPS) is 10.1. The molecular weight excluding hydrogens is 198 g/mol. The molecule has 1 heterocycles. The Bertz CT molecular complexity index is 467. The Morgan fingerprint density at radius 1 is 0.929 bits per heavy atom. The van der Waals surface area contributed by atoms with E-state index in [0.717, 1.165) is 5.69 Å². The molecule has 0 atom stereocenters. The van der Waals surface area contributed by atoms with Crippen LogP contribution in [0.5, 0.6) is 0 Å². The fourth-order valence-electron chi connectivity index (χ4n) is 1.20. The zero-order chi connectivity index (χ0) is 9.97. The molecule has 2 aromatic rings. The van der Waals surface area contributed by atoms with Crippen LogP contribution in [-0.2, 0) is 0 Å². The van der Waals surface area contributed by atoms with Gasteiger partial charge >= 0.3 is 0 Å². The van der Waals surface area contributed by atoms with Gasteiger partial charge in [-0.15, -0.1) is 0 Å². The minimum absolute atomic E-state index is 0.00946. The molecule has 0 saturated heterocycles. The number of aromatic nitrogens is 1. The van der Waals surface area contributed by atoms with E-state index < -0.39 is 0 Å². The summed E-state index contributed by atoms with van der Waals surface area (Å²) in [6.45, 7) is 0. The van der Waals surface area contributed by atoms with Gasteiger partial charge in [0.2, 0.25) is 0 Å². The van der Waals surface area contributed by atoms with Crippen molar-refractivity contribution in [3.63, 3.8) is 0 Å². The van der Waals surface area contributed by atoms with Crippen LogP contribution in [0.2, 0.25) is 5.02 Å². The largest absolute Gasteiger partial charge is 0.324 e. The van der Waals surface area contributed by atoms with E-state index in [4.69, 9.17) is 11.6 Å². The molecule has 14 heavy (non-hydrogen) atoms. The lowest BCUT2D eigenvalue weighted by Crippen LogP contribution is -2.01. The fraction of sp³-hybridized carbons (Fsp3) is 0. The first-order valence-electron chi connectivity index (χ1n) is 4.20. The molecule has 1 aromatic carbocycles. The smallest absolute Gasteiger partial charge is 0.181 e. The molecule has 0 saturated carbocycles. The van der Waals surface area contributed by atoms with Gasteiger partial charge in [-0.2, -0.15) is 0 Å². The SMILES string of the molecule is O=c1ccn(-c2ccc(Cl)cc2)cc1. The third-order valence-electron chi connectivity index (χ3n) is 1.92. The molecule has 0 spiro atoms. The Labute approximate surface area is 86.4 Å². The van der Waals surface area contributed by atoms with Gasteiger partial charge in [0.25, 0.3) is 0 Å². The Hall–Kier alpha value is -1.54. The van der Waals surface area contributed by atoms with E-state index in [-0.39, 0.29) is 5.43 Å². The Morgan fingerprint density at radius 3 is 2.07 bits per heavy atom. The zero-order valence-corrected chi connectivity index (χ0v) is 8.11. The first-order valence-corrected chi connectivity index (χ1v) is 4.58. The van der Waals surface area contributed by atoms with Gasteiger partial charge in [-0.3, -0.25) is 4.79 Å². The second-order valence-electron chi connectivity index (χ2n) is 2.92. The van der Waals surface area contributed by atoms with Crippen LogP contribution < -0.4 is 5.43 Å². The number of rotatable bonds is 1. The van der Waals surface area contributed by atoms with Gasteiger partial charge in [-0.1, -0.05) is 11.6 Å². The van der Waals surface area contributed by atoms with Crippen LogP contribution in [0.1, 0.15) is 0 Å². The standard InChI is InChI=1S/C11H8ClNO/c12-9-1-3-10(4-2-9)13-7-5-11(14)6-8-13/h1-8H. The summed E-state index contributed by atoms with van der Waals surface area (Å²) in [6.07, 6.45) is 3.46. The minimum atomic E-state index is 0.00946. The molecule has 1 aromatic heterocycles. The number of halogens is 1. The van der Waals surface area contributed by atoms with Gasteiger partial charge in [0.15, 0.2) is 5.43 Å². The summed E-state index contributed by atoms with van der Waals surface area (Å²) < 4.78 is 1.86. The maximum atomic E-state index is 10.9. The van der Waals surface area contributed by atoms with E-state index in [1.165, 1.54) is 12.1 Å². The number of nitrogens with zero attached hydrogens (tertiary/aromatic N) is 1. The van der Waals surface area contributed by atoms with E-state index in [1.54, 1.807) is 12.4 Å². The molecule has 2 nitrogen and oxygen atoms in total.